The van der Waals surface area contributed by atoms with Gasteiger partial charge in [0.2, 0.25) is 0 Å². The fourth-order valence-electron chi connectivity index (χ4n) is 3.33. The van der Waals surface area contributed by atoms with Crippen molar-refractivity contribution in [3.63, 3.8) is 0 Å². The molecule has 0 aromatic heterocycles. The smallest absolute Gasteiger partial charge is 0.119 e. The van der Waals surface area contributed by atoms with Gasteiger partial charge < -0.3 is 10.1 Å². The van der Waals surface area contributed by atoms with Crippen LogP contribution < -0.4 is 10.1 Å². The quantitative estimate of drug-likeness (QED) is 0.833. The molecule has 0 atom stereocenters. The van der Waals surface area contributed by atoms with Gasteiger partial charge in [-0.05, 0) is 68.7 Å². The first-order valence-electron chi connectivity index (χ1n) is 7.91. The zero-order chi connectivity index (χ0) is 12.9. The summed E-state index contributed by atoms with van der Waals surface area (Å²) in [5, 5.41) is 3.55. The van der Waals surface area contributed by atoms with E-state index in [2.05, 4.69) is 29.6 Å². The molecule has 2 saturated carbocycles. The predicted octanol–water partition coefficient (Wildman–Crippen LogP) is 4.61. The van der Waals surface area contributed by atoms with Crippen LogP contribution in [0.3, 0.4) is 0 Å². The summed E-state index contributed by atoms with van der Waals surface area (Å²) < 4.78 is 5.98. The Kier molecular flexibility index (Phi) is 4.27. The van der Waals surface area contributed by atoms with Crippen LogP contribution in [0.25, 0.3) is 0 Å². The summed E-state index contributed by atoms with van der Waals surface area (Å²) in [4.78, 5) is 0. The molecular formula is C17H25NO. The van der Waals surface area contributed by atoms with E-state index in [0.29, 0.717) is 6.10 Å². The van der Waals surface area contributed by atoms with Crippen LogP contribution in [0.4, 0.5) is 5.69 Å². The van der Waals surface area contributed by atoms with Crippen LogP contribution in [-0.4, -0.2) is 12.6 Å². The normalized spacial score (nSPS) is 20.8. The molecule has 19 heavy (non-hydrogen) atoms. The first-order chi connectivity index (χ1) is 9.40. The lowest BCUT2D eigenvalue weighted by Crippen LogP contribution is -2.12. The first kappa shape index (κ1) is 12.8. The molecule has 2 aliphatic carbocycles. The number of benzene rings is 1. The van der Waals surface area contributed by atoms with E-state index in [4.69, 9.17) is 4.74 Å². The van der Waals surface area contributed by atoms with Crippen LogP contribution in [0.5, 0.6) is 5.75 Å². The summed E-state index contributed by atoms with van der Waals surface area (Å²) >= 11 is 0. The average Bonchev–Trinajstić information content (AvgIpc) is 3.11. The lowest BCUT2D eigenvalue weighted by molar-refractivity contribution is 0.210. The van der Waals surface area contributed by atoms with Gasteiger partial charge in [0.05, 0.1) is 6.10 Å². The van der Waals surface area contributed by atoms with Crippen molar-refractivity contribution < 1.29 is 4.74 Å². The largest absolute Gasteiger partial charge is 0.490 e. The third-order valence-electron chi connectivity index (χ3n) is 4.53. The fraction of sp³-hybridized carbons (Fsp3) is 0.647. The molecule has 1 N–H and O–H groups in total. The molecule has 2 nitrogen and oxygen atoms in total. The first-order valence-corrected chi connectivity index (χ1v) is 7.91. The lowest BCUT2D eigenvalue weighted by atomic mass is 10.1. The molecule has 104 valence electrons. The molecule has 0 saturated heterocycles. The predicted molar refractivity (Wildman–Crippen MR) is 79.8 cm³/mol. The van der Waals surface area contributed by atoms with Gasteiger partial charge >= 0.3 is 0 Å². The fourth-order valence-corrected chi connectivity index (χ4v) is 3.33. The minimum Gasteiger partial charge on any atom is -0.490 e. The molecule has 0 unspecified atom stereocenters. The molecule has 0 amide bonds. The third-order valence-corrected chi connectivity index (χ3v) is 4.53. The summed E-state index contributed by atoms with van der Waals surface area (Å²) in [6.07, 6.45) is 11.2. The van der Waals surface area contributed by atoms with Gasteiger partial charge in [0.1, 0.15) is 5.75 Å². The number of nitrogens with one attached hydrogen (secondary N) is 1. The second-order valence-electron chi connectivity index (χ2n) is 6.08. The number of hydrogen-bond acceptors (Lipinski definition) is 2. The van der Waals surface area contributed by atoms with E-state index < -0.39 is 0 Å². The summed E-state index contributed by atoms with van der Waals surface area (Å²) in [5.74, 6) is 1.91. The van der Waals surface area contributed by atoms with Crippen LogP contribution in [0, 0.1) is 5.92 Å². The summed E-state index contributed by atoms with van der Waals surface area (Å²) in [7, 11) is 0. The maximum atomic E-state index is 5.98. The summed E-state index contributed by atoms with van der Waals surface area (Å²) in [5.41, 5.74) is 1.23. The van der Waals surface area contributed by atoms with Crippen molar-refractivity contribution in [1.82, 2.24) is 0 Å². The van der Waals surface area contributed by atoms with Crippen molar-refractivity contribution in [1.29, 1.82) is 0 Å². The van der Waals surface area contributed by atoms with Gasteiger partial charge in [-0.2, -0.15) is 0 Å². The zero-order valence-electron chi connectivity index (χ0n) is 11.7. The van der Waals surface area contributed by atoms with Crippen molar-refractivity contribution in [3.8, 4) is 5.75 Å². The standard InChI is InChI=1S/C17H25NO/c1-2-6-14(5-1)13-18-15-9-11-17(12-10-15)19-16-7-3-4-8-16/h9-12,14,16,18H,1-8,13H2. The average molecular weight is 259 g/mol. The van der Waals surface area contributed by atoms with Crippen molar-refractivity contribution in [3.05, 3.63) is 24.3 Å². The Hall–Kier alpha value is -1.18. The SMILES string of the molecule is c1cc(OC2CCCC2)ccc1NCC1CCCC1. The van der Waals surface area contributed by atoms with Crippen LogP contribution in [0.1, 0.15) is 51.4 Å². The van der Waals surface area contributed by atoms with Gasteiger partial charge in [-0.25, -0.2) is 0 Å². The van der Waals surface area contributed by atoms with Crippen molar-refractivity contribution in [2.24, 2.45) is 5.92 Å². The molecule has 2 fully saturated rings. The van der Waals surface area contributed by atoms with E-state index in [0.717, 1.165) is 18.2 Å². The molecule has 0 bridgehead atoms. The van der Waals surface area contributed by atoms with Gasteiger partial charge in [0, 0.05) is 12.2 Å². The van der Waals surface area contributed by atoms with Gasteiger partial charge in [-0.1, -0.05) is 12.8 Å². The maximum absolute atomic E-state index is 5.98. The highest BCUT2D eigenvalue weighted by Gasteiger charge is 2.16. The zero-order valence-corrected chi connectivity index (χ0v) is 11.7. The number of anilines is 1. The van der Waals surface area contributed by atoms with Crippen molar-refractivity contribution in [2.45, 2.75) is 57.5 Å². The van der Waals surface area contributed by atoms with Crippen LogP contribution in [0.2, 0.25) is 0 Å². The molecule has 1 aromatic carbocycles. The Bertz CT molecular complexity index is 375. The number of rotatable bonds is 5. The topological polar surface area (TPSA) is 21.3 Å². The minimum absolute atomic E-state index is 0.456. The van der Waals surface area contributed by atoms with E-state index in [1.54, 1.807) is 0 Å². The molecule has 2 heteroatoms. The van der Waals surface area contributed by atoms with Gasteiger partial charge in [0.25, 0.3) is 0 Å². The van der Waals surface area contributed by atoms with Crippen LogP contribution >= 0.6 is 0 Å². The lowest BCUT2D eigenvalue weighted by Gasteiger charge is -2.15. The highest BCUT2D eigenvalue weighted by molar-refractivity contribution is 5.46. The Morgan fingerprint density at radius 1 is 0.895 bits per heavy atom. The summed E-state index contributed by atoms with van der Waals surface area (Å²) in [6, 6.07) is 8.52. The Labute approximate surface area is 116 Å². The van der Waals surface area contributed by atoms with Crippen molar-refractivity contribution >= 4 is 5.69 Å². The Morgan fingerprint density at radius 2 is 1.53 bits per heavy atom. The number of hydrogen-bond donors (Lipinski definition) is 1. The second kappa shape index (κ2) is 6.31. The molecule has 1 aromatic rings. The maximum Gasteiger partial charge on any atom is 0.119 e. The molecule has 2 aliphatic rings. The molecule has 0 aliphatic heterocycles. The Balaban J connectivity index is 1.47. The van der Waals surface area contributed by atoms with E-state index in [1.165, 1.54) is 57.1 Å². The minimum atomic E-state index is 0.456. The van der Waals surface area contributed by atoms with Crippen LogP contribution in [-0.2, 0) is 0 Å². The molecule has 3 rings (SSSR count). The second-order valence-corrected chi connectivity index (χ2v) is 6.08. The van der Waals surface area contributed by atoms with Crippen molar-refractivity contribution in [2.75, 3.05) is 11.9 Å². The third kappa shape index (κ3) is 3.65. The highest BCUT2D eigenvalue weighted by atomic mass is 16.5. The highest BCUT2D eigenvalue weighted by Crippen LogP contribution is 2.27. The van der Waals surface area contributed by atoms with Gasteiger partial charge in [0.15, 0.2) is 0 Å². The molecule has 0 heterocycles. The van der Waals surface area contributed by atoms with Gasteiger partial charge in [-0.15, -0.1) is 0 Å². The summed E-state index contributed by atoms with van der Waals surface area (Å²) in [6.45, 7) is 1.13. The number of ether oxygens (including phenoxy) is 1. The van der Waals surface area contributed by atoms with E-state index in [-0.39, 0.29) is 0 Å². The van der Waals surface area contributed by atoms with E-state index in [9.17, 15) is 0 Å². The molecule has 0 radical (unpaired) electrons. The Morgan fingerprint density at radius 3 is 2.21 bits per heavy atom. The van der Waals surface area contributed by atoms with Gasteiger partial charge in [-0.3, -0.25) is 0 Å². The van der Waals surface area contributed by atoms with E-state index >= 15 is 0 Å². The van der Waals surface area contributed by atoms with Crippen LogP contribution in [0.15, 0.2) is 24.3 Å². The monoisotopic (exact) mass is 259 g/mol. The molecular weight excluding hydrogens is 234 g/mol. The molecule has 0 spiro atoms. The van der Waals surface area contributed by atoms with E-state index in [1.807, 2.05) is 0 Å².